The Balaban J connectivity index is 2.83. The molecule has 0 amide bonds. The van der Waals surface area contributed by atoms with Gasteiger partial charge in [-0.2, -0.15) is 0 Å². The van der Waals surface area contributed by atoms with Crippen LogP contribution in [0.25, 0.3) is 0 Å². The number of Topliss-reactive ketones (excluding diaryl/α,β-unsaturated/α-hetero) is 1. The first-order valence-electron chi connectivity index (χ1n) is 1.72. The van der Waals surface area contributed by atoms with Gasteiger partial charge in [-0.3, -0.25) is 4.79 Å². The molecule has 0 heterocycles. The maximum Gasteiger partial charge on any atom is 0.136 e. The molecule has 2 heteroatoms. The van der Waals surface area contributed by atoms with E-state index in [9.17, 15) is 4.79 Å². The summed E-state index contributed by atoms with van der Waals surface area (Å²) in [6, 6.07) is 0. The molecule has 0 aromatic rings. The van der Waals surface area contributed by atoms with E-state index in [1.807, 2.05) is 0 Å². The van der Waals surface area contributed by atoms with Crippen LogP contribution < -0.4 is 0 Å². The van der Waals surface area contributed by atoms with Crippen LogP contribution in [0.1, 0.15) is 6.92 Å². The highest BCUT2D eigenvalue weighted by atomic mass is 16.3. The molecule has 0 aliphatic carbocycles. The van der Waals surface area contributed by atoms with Gasteiger partial charge in [0, 0.05) is 0 Å². The number of rotatable bonds is 2. The Morgan fingerprint density at radius 3 is 2.50 bits per heavy atom. The van der Waals surface area contributed by atoms with Crippen LogP contribution in [-0.4, -0.2) is 17.5 Å². The van der Waals surface area contributed by atoms with Crippen molar-refractivity contribution in [2.75, 3.05) is 6.61 Å². The van der Waals surface area contributed by atoms with E-state index in [-0.39, 0.29) is 12.4 Å². The molecule has 0 saturated carbocycles. The van der Waals surface area contributed by atoms with Crippen LogP contribution in [0.5, 0.6) is 0 Å². The molecular weight excluding hydrogens is 80.0 g/mol. The number of hydrogen-bond acceptors (Lipinski definition) is 2. The Hall–Kier alpha value is -0.370. The van der Waals surface area contributed by atoms with Crippen molar-refractivity contribution in [1.29, 1.82) is 0 Å². The number of carbonyl (C=O) groups excluding carboxylic acids is 1. The molecule has 0 bridgehead atoms. The van der Waals surface area contributed by atoms with E-state index in [0.717, 1.165) is 0 Å². The molecular formula is C4H7O2. The Labute approximate surface area is 36.8 Å². The van der Waals surface area contributed by atoms with Gasteiger partial charge in [0.05, 0.1) is 13.0 Å². The predicted molar refractivity (Wildman–Crippen MR) is 22.1 cm³/mol. The average Bonchev–Trinajstić information content (AvgIpc) is 1.35. The fourth-order valence-electron chi connectivity index (χ4n) is 0.129. The van der Waals surface area contributed by atoms with Crippen molar-refractivity contribution in [2.45, 2.75) is 6.92 Å². The Morgan fingerprint density at radius 1 is 2.00 bits per heavy atom. The lowest BCUT2D eigenvalue weighted by molar-refractivity contribution is -0.114. The highest BCUT2D eigenvalue weighted by molar-refractivity contribution is 5.84. The van der Waals surface area contributed by atoms with E-state index >= 15 is 0 Å². The lowest BCUT2D eigenvalue weighted by atomic mass is 10.3. The van der Waals surface area contributed by atoms with Crippen LogP contribution in [0.3, 0.4) is 0 Å². The Bertz CT molecular complexity index is 49.5. The molecule has 35 valence electrons. The molecule has 0 atom stereocenters. The largest absolute Gasteiger partial charge is 0.396 e. The average molecular weight is 87.1 g/mol. The van der Waals surface area contributed by atoms with E-state index < -0.39 is 0 Å². The first kappa shape index (κ1) is 5.63. The van der Waals surface area contributed by atoms with Gasteiger partial charge in [0.1, 0.15) is 5.78 Å². The molecule has 0 unspecified atom stereocenters. The van der Waals surface area contributed by atoms with Gasteiger partial charge in [0.2, 0.25) is 0 Å². The van der Waals surface area contributed by atoms with E-state index in [0.29, 0.717) is 0 Å². The van der Waals surface area contributed by atoms with E-state index in [2.05, 4.69) is 0 Å². The molecule has 0 rings (SSSR count). The normalized spacial score (nSPS) is 8.33. The summed E-state index contributed by atoms with van der Waals surface area (Å²) < 4.78 is 0. The molecule has 0 aliphatic heterocycles. The van der Waals surface area contributed by atoms with Crippen molar-refractivity contribution in [2.24, 2.45) is 0 Å². The van der Waals surface area contributed by atoms with Crippen molar-refractivity contribution in [1.82, 2.24) is 0 Å². The van der Waals surface area contributed by atoms with Gasteiger partial charge in [-0.15, -0.1) is 0 Å². The van der Waals surface area contributed by atoms with Crippen molar-refractivity contribution in [3.05, 3.63) is 6.42 Å². The fraction of sp³-hybridized carbons (Fsp3) is 0.500. The number of carbonyl (C=O) groups is 1. The summed E-state index contributed by atoms with van der Waals surface area (Å²) in [7, 11) is 0. The topological polar surface area (TPSA) is 37.3 Å². The standard InChI is InChI=1S/C4H7O2/c1-4(6)2-3-5/h2,5H,3H2,1H3. The van der Waals surface area contributed by atoms with E-state index in [1.54, 1.807) is 0 Å². The summed E-state index contributed by atoms with van der Waals surface area (Å²) in [4.78, 5) is 9.83. The summed E-state index contributed by atoms with van der Waals surface area (Å²) in [5.41, 5.74) is 0. The van der Waals surface area contributed by atoms with Crippen LogP contribution in [0.2, 0.25) is 0 Å². The van der Waals surface area contributed by atoms with Crippen LogP contribution >= 0.6 is 0 Å². The number of aliphatic hydroxyl groups is 1. The highest BCUT2D eigenvalue weighted by Gasteiger charge is 1.85. The molecule has 0 fully saturated rings. The minimum Gasteiger partial charge on any atom is -0.396 e. The second-order valence-corrected chi connectivity index (χ2v) is 0.997. The molecule has 0 spiro atoms. The van der Waals surface area contributed by atoms with Gasteiger partial charge in [-0.25, -0.2) is 0 Å². The third kappa shape index (κ3) is 3.63. The van der Waals surface area contributed by atoms with Gasteiger partial charge in [-0.1, -0.05) is 0 Å². The van der Waals surface area contributed by atoms with Gasteiger partial charge < -0.3 is 5.11 Å². The second kappa shape index (κ2) is 2.85. The van der Waals surface area contributed by atoms with Crippen LogP contribution in [0.4, 0.5) is 0 Å². The molecule has 0 aliphatic rings. The fourth-order valence-corrected chi connectivity index (χ4v) is 0.129. The van der Waals surface area contributed by atoms with Crippen LogP contribution in [0.15, 0.2) is 0 Å². The molecule has 0 aromatic heterocycles. The minimum absolute atomic E-state index is 0.0856. The third-order valence-electron chi connectivity index (χ3n) is 0.379. The van der Waals surface area contributed by atoms with Crippen LogP contribution in [0, 0.1) is 6.42 Å². The van der Waals surface area contributed by atoms with Gasteiger partial charge >= 0.3 is 0 Å². The van der Waals surface area contributed by atoms with E-state index in [1.165, 1.54) is 13.3 Å². The Morgan fingerprint density at radius 2 is 2.50 bits per heavy atom. The van der Waals surface area contributed by atoms with Crippen molar-refractivity contribution in [3.63, 3.8) is 0 Å². The van der Waals surface area contributed by atoms with Crippen molar-refractivity contribution >= 4 is 5.78 Å². The van der Waals surface area contributed by atoms with Crippen LogP contribution in [-0.2, 0) is 4.79 Å². The summed E-state index contributed by atoms with van der Waals surface area (Å²) in [6.45, 7) is 1.26. The molecule has 0 aromatic carbocycles. The van der Waals surface area contributed by atoms with Gasteiger partial charge in [0.25, 0.3) is 0 Å². The zero-order valence-corrected chi connectivity index (χ0v) is 3.64. The zero-order chi connectivity index (χ0) is 4.99. The SMILES string of the molecule is CC(=O)[CH]CO. The Kier molecular flexibility index (Phi) is 2.67. The summed E-state index contributed by atoms with van der Waals surface area (Å²) in [6.07, 6.45) is 1.21. The van der Waals surface area contributed by atoms with Crippen molar-refractivity contribution < 1.29 is 9.90 Å². The maximum atomic E-state index is 9.83. The molecule has 1 N–H and O–H groups in total. The summed E-state index contributed by atoms with van der Waals surface area (Å²) in [5.74, 6) is -0.0856. The number of aliphatic hydroxyl groups excluding tert-OH is 1. The smallest absolute Gasteiger partial charge is 0.136 e. The number of ketones is 1. The zero-order valence-electron chi connectivity index (χ0n) is 3.64. The van der Waals surface area contributed by atoms with E-state index in [4.69, 9.17) is 5.11 Å². The predicted octanol–water partition coefficient (Wildman–Crippen LogP) is -0.228. The number of hydrogen-bond donors (Lipinski definition) is 1. The highest BCUT2D eigenvalue weighted by Crippen LogP contribution is 1.71. The molecule has 2 nitrogen and oxygen atoms in total. The second-order valence-electron chi connectivity index (χ2n) is 0.997. The van der Waals surface area contributed by atoms with Gasteiger partial charge in [-0.05, 0) is 6.92 Å². The molecule has 1 radical (unpaired) electrons. The molecule has 0 saturated heterocycles. The summed E-state index contributed by atoms with van der Waals surface area (Å²) >= 11 is 0. The first-order valence-corrected chi connectivity index (χ1v) is 1.72. The quantitative estimate of drug-likeness (QED) is 0.505. The van der Waals surface area contributed by atoms with Crippen molar-refractivity contribution in [3.8, 4) is 0 Å². The first-order chi connectivity index (χ1) is 2.77. The lowest BCUT2D eigenvalue weighted by Crippen LogP contribution is -1.93. The third-order valence-corrected chi connectivity index (χ3v) is 0.379. The maximum absolute atomic E-state index is 9.83. The lowest BCUT2D eigenvalue weighted by Gasteiger charge is -1.79. The minimum atomic E-state index is -0.144. The molecule has 6 heavy (non-hydrogen) atoms. The van der Waals surface area contributed by atoms with Gasteiger partial charge in [0.15, 0.2) is 0 Å². The monoisotopic (exact) mass is 87.0 g/mol. The summed E-state index contributed by atoms with van der Waals surface area (Å²) in [5, 5.41) is 7.96.